The van der Waals surface area contributed by atoms with E-state index in [0.29, 0.717) is 22.5 Å². The Hall–Kier alpha value is -4.54. The van der Waals surface area contributed by atoms with Gasteiger partial charge in [0.15, 0.2) is 5.95 Å². The van der Waals surface area contributed by atoms with Crippen LogP contribution in [0.5, 0.6) is 0 Å². The van der Waals surface area contributed by atoms with Gasteiger partial charge in [-0.1, -0.05) is 0 Å². The number of hydrogen-bond acceptors (Lipinski definition) is 6. The molecule has 0 saturated carbocycles. The molecule has 0 unspecified atom stereocenters. The number of aromatic amines is 1. The number of hydrogen-bond donors (Lipinski definition) is 3. The minimum Gasteiger partial charge on any atom is -0.369 e. The lowest BCUT2D eigenvalue weighted by Gasteiger charge is -2.11. The Bertz CT molecular complexity index is 1480. The van der Waals surface area contributed by atoms with E-state index in [0.717, 1.165) is 4.68 Å². The standard InChI is InChI=1S/C22H18F2N8O/c1-32-18(33)9-8-15(31-32)19-20(12-4-6-13(23)7-5-12)29-22(26)30-21(19)28-17(25)11-16-14(24)3-2-10-27-16/h2-10H,11H2,1H3,(H4,25,26,28,29,30). The first-order valence-corrected chi connectivity index (χ1v) is 9.74. The van der Waals surface area contributed by atoms with Crippen LogP contribution in [0.4, 0.5) is 14.7 Å². The number of benzene rings is 1. The molecule has 4 N–H and O–H groups in total. The third kappa shape index (κ3) is 4.71. The number of halogens is 2. The van der Waals surface area contributed by atoms with E-state index in [1.165, 1.54) is 61.8 Å². The van der Waals surface area contributed by atoms with Gasteiger partial charge in [-0.3, -0.25) is 15.2 Å². The Morgan fingerprint density at radius 3 is 2.64 bits per heavy atom. The fourth-order valence-corrected chi connectivity index (χ4v) is 3.16. The summed E-state index contributed by atoms with van der Waals surface area (Å²) in [5, 5.41) is 12.6. The zero-order chi connectivity index (χ0) is 23.5. The normalized spacial score (nSPS) is 11.5. The maximum Gasteiger partial charge on any atom is 0.266 e. The van der Waals surface area contributed by atoms with E-state index in [9.17, 15) is 13.6 Å². The molecule has 3 aromatic heterocycles. The predicted octanol–water partition coefficient (Wildman–Crippen LogP) is 2.21. The van der Waals surface area contributed by atoms with Crippen LogP contribution >= 0.6 is 0 Å². The molecule has 0 bridgehead atoms. The van der Waals surface area contributed by atoms with Crippen LogP contribution in [-0.4, -0.2) is 30.6 Å². The highest BCUT2D eigenvalue weighted by atomic mass is 19.1. The summed E-state index contributed by atoms with van der Waals surface area (Å²) in [6.07, 6.45) is 1.25. The number of nitrogens with zero attached hydrogens (tertiary/aromatic N) is 5. The zero-order valence-corrected chi connectivity index (χ0v) is 17.4. The summed E-state index contributed by atoms with van der Waals surface area (Å²) in [5.41, 5.74) is 7.29. The molecule has 4 rings (SSSR count). The fraction of sp³-hybridized carbons (Fsp3) is 0.0909. The van der Waals surface area contributed by atoms with Gasteiger partial charge < -0.3 is 10.7 Å². The van der Waals surface area contributed by atoms with E-state index in [1.54, 1.807) is 0 Å². The summed E-state index contributed by atoms with van der Waals surface area (Å²) in [6, 6.07) is 11.1. The second kappa shape index (κ2) is 8.91. The van der Waals surface area contributed by atoms with Crippen molar-refractivity contribution < 1.29 is 8.78 Å². The molecule has 166 valence electrons. The molecule has 0 atom stereocenters. The monoisotopic (exact) mass is 448 g/mol. The summed E-state index contributed by atoms with van der Waals surface area (Å²) < 4.78 is 28.6. The van der Waals surface area contributed by atoms with Crippen LogP contribution in [-0.2, 0) is 13.5 Å². The number of aromatic nitrogens is 5. The lowest BCUT2D eigenvalue weighted by molar-refractivity contribution is 0.606. The highest BCUT2D eigenvalue weighted by Gasteiger charge is 2.17. The van der Waals surface area contributed by atoms with E-state index in [-0.39, 0.29) is 34.9 Å². The molecule has 3 heterocycles. The first-order chi connectivity index (χ1) is 15.8. The maximum absolute atomic E-state index is 14.0. The number of pyridine rings is 1. The van der Waals surface area contributed by atoms with Gasteiger partial charge >= 0.3 is 0 Å². The van der Waals surface area contributed by atoms with E-state index in [1.807, 2.05) is 0 Å². The zero-order valence-electron chi connectivity index (χ0n) is 17.4. The van der Waals surface area contributed by atoms with Crippen LogP contribution < -0.4 is 16.8 Å². The number of nitrogen functional groups attached to an aromatic ring is 1. The van der Waals surface area contributed by atoms with Gasteiger partial charge in [0.2, 0.25) is 0 Å². The number of rotatable bonds is 4. The largest absolute Gasteiger partial charge is 0.369 e. The van der Waals surface area contributed by atoms with Crippen molar-refractivity contribution in [2.75, 3.05) is 5.73 Å². The summed E-state index contributed by atoms with van der Waals surface area (Å²) in [5.74, 6) is -1.20. The summed E-state index contributed by atoms with van der Waals surface area (Å²) >= 11 is 0. The SMILES string of the molecule is Cn1nc(-c2c(-c3ccc(F)cc3)nc(N)[nH]/c2=N\C(=N)Cc2ncccc2F)ccc1=O. The third-order valence-electron chi connectivity index (χ3n) is 4.70. The maximum atomic E-state index is 14.0. The van der Waals surface area contributed by atoms with E-state index >= 15 is 0 Å². The van der Waals surface area contributed by atoms with Crippen molar-refractivity contribution >= 4 is 11.8 Å². The molecular weight excluding hydrogens is 430 g/mol. The van der Waals surface area contributed by atoms with Gasteiger partial charge in [-0.25, -0.2) is 23.4 Å². The van der Waals surface area contributed by atoms with Crippen molar-refractivity contribution in [2.45, 2.75) is 6.42 Å². The molecule has 0 aliphatic carbocycles. The van der Waals surface area contributed by atoms with Gasteiger partial charge in [0.25, 0.3) is 5.56 Å². The number of anilines is 1. The van der Waals surface area contributed by atoms with Crippen molar-refractivity contribution in [1.29, 1.82) is 5.41 Å². The van der Waals surface area contributed by atoms with Crippen LogP contribution in [0.3, 0.4) is 0 Å². The Balaban J connectivity index is 1.94. The number of nitrogens with two attached hydrogens (primary N) is 1. The molecule has 0 radical (unpaired) electrons. The lowest BCUT2D eigenvalue weighted by atomic mass is 10.0. The molecule has 1 aromatic carbocycles. The number of nitrogens with one attached hydrogen (secondary N) is 2. The minimum absolute atomic E-state index is 0.0153. The van der Waals surface area contributed by atoms with Crippen LogP contribution in [0.25, 0.3) is 22.5 Å². The average molecular weight is 448 g/mol. The molecule has 0 aliphatic heterocycles. The second-order valence-electron chi connectivity index (χ2n) is 7.05. The second-order valence-corrected chi connectivity index (χ2v) is 7.05. The summed E-state index contributed by atoms with van der Waals surface area (Å²) in [7, 11) is 1.49. The van der Waals surface area contributed by atoms with Crippen molar-refractivity contribution in [3.63, 3.8) is 0 Å². The van der Waals surface area contributed by atoms with Gasteiger partial charge in [0.1, 0.15) is 23.0 Å². The molecule has 0 spiro atoms. The van der Waals surface area contributed by atoms with Gasteiger partial charge in [0.05, 0.1) is 29.1 Å². The van der Waals surface area contributed by atoms with Gasteiger partial charge in [0, 0.05) is 24.9 Å². The fourth-order valence-electron chi connectivity index (χ4n) is 3.16. The lowest BCUT2D eigenvalue weighted by Crippen LogP contribution is -2.23. The van der Waals surface area contributed by atoms with E-state index in [2.05, 4.69) is 25.0 Å². The van der Waals surface area contributed by atoms with Crippen LogP contribution in [0.1, 0.15) is 5.69 Å². The average Bonchev–Trinajstić information content (AvgIpc) is 2.77. The van der Waals surface area contributed by atoms with Gasteiger partial charge in [-0.15, -0.1) is 0 Å². The minimum atomic E-state index is -0.553. The highest BCUT2D eigenvalue weighted by molar-refractivity contribution is 5.84. The summed E-state index contributed by atoms with van der Waals surface area (Å²) in [6.45, 7) is 0. The topological polar surface area (TPSA) is 139 Å². The number of aryl methyl sites for hydroxylation is 1. The first kappa shape index (κ1) is 21.7. The molecule has 9 nitrogen and oxygen atoms in total. The Morgan fingerprint density at radius 1 is 1.18 bits per heavy atom. The molecule has 0 aliphatic rings. The molecule has 0 saturated heterocycles. The van der Waals surface area contributed by atoms with Crippen molar-refractivity contribution in [3.8, 4) is 22.5 Å². The molecule has 11 heteroatoms. The van der Waals surface area contributed by atoms with Crippen molar-refractivity contribution in [2.24, 2.45) is 12.0 Å². The molecule has 0 fully saturated rings. The molecule has 0 amide bonds. The summed E-state index contributed by atoms with van der Waals surface area (Å²) in [4.78, 5) is 27.2. The Kier molecular flexibility index (Phi) is 5.85. The predicted molar refractivity (Wildman–Crippen MR) is 118 cm³/mol. The quantitative estimate of drug-likeness (QED) is 0.325. The van der Waals surface area contributed by atoms with Gasteiger partial charge in [-0.2, -0.15) is 5.10 Å². The highest BCUT2D eigenvalue weighted by Crippen LogP contribution is 2.26. The van der Waals surface area contributed by atoms with Crippen LogP contribution in [0, 0.1) is 17.0 Å². The van der Waals surface area contributed by atoms with Crippen molar-refractivity contribution in [3.05, 3.63) is 87.9 Å². The van der Waals surface area contributed by atoms with Crippen LogP contribution in [0.15, 0.2) is 64.5 Å². The first-order valence-electron chi connectivity index (χ1n) is 9.74. The molecule has 4 aromatic rings. The Labute approximate surface area is 185 Å². The van der Waals surface area contributed by atoms with Gasteiger partial charge in [-0.05, 0) is 42.5 Å². The number of amidine groups is 1. The smallest absolute Gasteiger partial charge is 0.266 e. The van der Waals surface area contributed by atoms with E-state index < -0.39 is 11.6 Å². The molecular formula is C22H18F2N8O. The number of H-pyrrole nitrogens is 1. The third-order valence-corrected chi connectivity index (χ3v) is 4.70. The van der Waals surface area contributed by atoms with Crippen LogP contribution in [0.2, 0.25) is 0 Å². The Morgan fingerprint density at radius 2 is 1.94 bits per heavy atom. The van der Waals surface area contributed by atoms with Crippen molar-refractivity contribution in [1.82, 2.24) is 24.7 Å². The van der Waals surface area contributed by atoms with E-state index in [4.69, 9.17) is 11.1 Å². The molecule has 33 heavy (non-hydrogen) atoms.